The van der Waals surface area contributed by atoms with E-state index in [0.29, 0.717) is 0 Å². The van der Waals surface area contributed by atoms with Crippen molar-refractivity contribution in [2.75, 3.05) is 13.1 Å². The summed E-state index contributed by atoms with van der Waals surface area (Å²) in [6.45, 7) is 5.15. The molecule has 28 heavy (non-hydrogen) atoms. The summed E-state index contributed by atoms with van der Waals surface area (Å²) in [5.41, 5.74) is 4.86. The number of rotatable bonds is 4. The number of thiophene rings is 1. The quantitative estimate of drug-likeness (QED) is 0.528. The molecule has 5 rings (SSSR count). The number of aryl methyl sites for hydroxylation is 2. The van der Waals surface area contributed by atoms with Crippen LogP contribution in [0, 0.1) is 12.8 Å². The summed E-state index contributed by atoms with van der Waals surface area (Å²) in [6.07, 6.45) is 3.59. The number of fused-ring (bicyclic) bond motifs is 3. The molecule has 4 aromatic rings. The van der Waals surface area contributed by atoms with Crippen LogP contribution >= 0.6 is 11.3 Å². The van der Waals surface area contributed by atoms with Gasteiger partial charge in [-0.05, 0) is 68.8 Å². The van der Waals surface area contributed by atoms with Crippen LogP contribution in [0.3, 0.4) is 0 Å². The van der Waals surface area contributed by atoms with E-state index in [2.05, 4.69) is 21.3 Å². The van der Waals surface area contributed by atoms with Crippen molar-refractivity contribution in [1.82, 2.24) is 19.9 Å². The van der Waals surface area contributed by atoms with Crippen LogP contribution in [0.2, 0.25) is 0 Å². The van der Waals surface area contributed by atoms with Crippen LogP contribution < -0.4 is 5.32 Å². The third-order valence-corrected chi connectivity index (χ3v) is 6.73. The number of phenols is 1. The molecule has 0 aliphatic carbocycles. The average Bonchev–Trinajstić information content (AvgIpc) is 3.32. The SMILES string of the molecule is Cc1nc2ccsc2c2c1nc(-c1ccccc1O)n2CCC1CCNCC1. The second-order valence-electron chi connectivity index (χ2n) is 7.62. The molecule has 1 saturated heterocycles. The van der Waals surface area contributed by atoms with Gasteiger partial charge in [-0.1, -0.05) is 12.1 Å². The molecule has 0 unspecified atom stereocenters. The fourth-order valence-corrected chi connectivity index (χ4v) is 5.19. The summed E-state index contributed by atoms with van der Waals surface area (Å²) in [7, 11) is 0. The second kappa shape index (κ2) is 7.18. The average molecular weight is 393 g/mol. The number of imidazole rings is 1. The molecule has 5 nitrogen and oxygen atoms in total. The van der Waals surface area contributed by atoms with Gasteiger partial charge >= 0.3 is 0 Å². The molecule has 0 saturated carbocycles. The molecule has 0 bridgehead atoms. The van der Waals surface area contributed by atoms with E-state index in [1.807, 2.05) is 25.1 Å². The van der Waals surface area contributed by atoms with Crippen molar-refractivity contribution in [3.8, 4) is 17.1 Å². The van der Waals surface area contributed by atoms with E-state index in [4.69, 9.17) is 9.97 Å². The molecule has 6 heteroatoms. The highest BCUT2D eigenvalue weighted by molar-refractivity contribution is 7.18. The summed E-state index contributed by atoms with van der Waals surface area (Å²) in [6, 6.07) is 9.57. The topological polar surface area (TPSA) is 63.0 Å². The first kappa shape index (κ1) is 17.6. The van der Waals surface area contributed by atoms with Crippen LogP contribution in [0.4, 0.5) is 0 Å². The molecule has 4 heterocycles. The van der Waals surface area contributed by atoms with Gasteiger partial charge < -0.3 is 15.0 Å². The third kappa shape index (κ3) is 2.97. The van der Waals surface area contributed by atoms with Gasteiger partial charge in [0, 0.05) is 6.54 Å². The lowest BCUT2D eigenvalue weighted by Gasteiger charge is -2.23. The molecular formula is C22H24N4OS. The summed E-state index contributed by atoms with van der Waals surface area (Å²) in [5.74, 6) is 1.85. The van der Waals surface area contributed by atoms with Crippen LogP contribution in [0.15, 0.2) is 35.7 Å². The lowest BCUT2D eigenvalue weighted by Crippen LogP contribution is -2.28. The van der Waals surface area contributed by atoms with E-state index >= 15 is 0 Å². The van der Waals surface area contributed by atoms with Gasteiger partial charge in [0.05, 0.1) is 27.0 Å². The minimum Gasteiger partial charge on any atom is -0.507 e. The summed E-state index contributed by atoms with van der Waals surface area (Å²) in [4.78, 5) is 9.72. The van der Waals surface area contributed by atoms with Gasteiger partial charge in [-0.3, -0.25) is 0 Å². The summed E-state index contributed by atoms with van der Waals surface area (Å²) < 4.78 is 3.50. The fraction of sp³-hybridized carbons (Fsp3) is 0.364. The van der Waals surface area contributed by atoms with Crippen LogP contribution in [0.5, 0.6) is 5.75 Å². The van der Waals surface area contributed by atoms with Crippen molar-refractivity contribution in [3.05, 3.63) is 41.4 Å². The molecule has 1 aromatic carbocycles. The van der Waals surface area contributed by atoms with E-state index in [1.54, 1.807) is 17.4 Å². The Kier molecular flexibility index (Phi) is 4.53. The molecule has 3 aromatic heterocycles. The van der Waals surface area contributed by atoms with Gasteiger partial charge in [-0.25, -0.2) is 9.97 Å². The largest absolute Gasteiger partial charge is 0.507 e. The van der Waals surface area contributed by atoms with Gasteiger partial charge in [0.1, 0.15) is 17.1 Å². The third-order valence-electron chi connectivity index (χ3n) is 5.82. The Bertz CT molecular complexity index is 1140. The highest BCUT2D eigenvalue weighted by Gasteiger charge is 2.21. The van der Waals surface area contributed by atoms with Crippen molar-refractivity contribution in [2.24, 2.45) is 5.92 Å². The van der Waals surface area contributed by atoms with E-state index < -0.39 is 0 Å². The number of nitrogens with zero attached hydrogens (tertiary/aromatic N) is 3. The first-order valence-corrected chi connectivity index (χ1v) is 10.8. The van der Waals surface area contributed by atoms with Crippen molar-refractivity contribution < 1.29 is 5.11 Å². The molecule has 1 aliphatic heterocycles. The Morgan fingerprint density at radius 3 is 2.82 bits per heavy atom. The number of piperidine rings is 1. The molecule has 1 aliphatic rings. The van der Waals surface area contributed by atoms with Crippen molar-refractivity contribution in [2.45, 2.75) is 32.7 Å². The number of aromatic nitrogens is 3. The number of phenolic OH excluding ortho intramolecular Hbond substituents is 1. The maximum Gasteiger partial charge on any atom is 0.144 e. The van der Waals surface area contributed by atoms with Crippen LogP contribution in [-0.4, -0.2) is 32.7 Å². The second-order valence-corrected chi connectivity index (χ2v) is 8.53. The lowest BCUT2D eigenvalue weighted by molar-refractivity contribution is 0.340. The fourth-order valence-electron chi connectivity index (χ4n) is 4.30. The highest BCUT2D eigenvalue weighted by Crippen LogP contribution is 2.37. The lowest BCUT2D eigenvalue weighted by atomic mass is 9.94. The number of nitrogens with one attached hydrogen (secondary N) is 1. The van der Waals surface area contributed by atoms with Gasteiger partial charge in [0.2, 0.25) is 0 Å². The van der Waals surface area contributed by atoms with Gasteiger partial charge in [0.15, 0.2) is 0 Å². The molecule has 0 radical (unpaired) electrons. The summed E-state index contributed by atoms with van der Waals surface area (Å²) in [5, 5.41) is 16.0. The Labute approximate surface area is 168 Å². The Balaban J connectivity index is 1.69. The predicted octanol–water partition coefficient (Wildman–Crippen LogP) is 4.72. The first-order valence-electron chi connectivity index (χ1n) is 9.95. The zero-order chi connectivity index (χ0) is 19.1. The summed E-state index contributed by atoms with van der Waals surface area (Å²) >= 11 is 1.72. The van der Waals surface area contributed by atoms with Crippen molar-refractivity contribution in [3.63, 3.8) is 0 Å². The molecular weight excluding hydrogens is 368 g/mol. The van der Waals surface area contributed by atoms with E-state index in [9.17, 15) is 5.11 Å². The zero-order valence-corrected chi connectivity index (χ0v) is 16.8. The number of hydrogen-bond acceptors (Lipinski definition) is 5. The minimum atomic E-state index is 0.272. The maximum atomic E-state index is 10.5. The van der Waals surface area contributed by atoms with Crippen LogP contribution in [0.25, 0.3) is 32.6 Å². The van der Waals surface area contributed by atoms with E-state index in [-0.39, 0.29) is 5.75 Å². The number of benzene rings is 1. The highest BCUT2D eigenvalue weighted by atomic mass is 32.1. The number of pyridine rings is 1. The molecule has 0 amide bonds. The minimum absolute atomic E-state index is 0.272. The maximum absolute atomic E-state index is 10.5. The molecule has 144 valence electrons. The Morgan fingerprint density at radius 2 is 2.00 bits per heavy atom. The van der Waals surface area contributed by atoms with Gasteiger partial charge in [-0.15, -0.1) is 11.3 Å². The first-order chi connectivity index (χ1) is 13.7. The van der Waals surface area contributed by atoms with E-state index in [1.165, 1.54) is 17.5 Å². The number of para-hydroxylation sites is 1. The zero-order valence-electron chi connectivity index (χ0n) is 16.0. The molecule has 2 N–H and O–H groups in total. The van der Waals surface area contributed by atoms with Crippen molar-refractivity contribution >= 4 is 32.6 Å². The standard InChI is InChI=1S/C22H24N4OS/c1-14-19-20(21-17(24-14)9-13-28-21)26(12-8-15-6-10-23-11-7-15)22(25-19)16-4-2-3-5-18(16)27/h2-5,9,13,15,23,27H,6-8,10-12H2,1H3. The Morgan fingerprint density at radius 1 is 1.18 bits per heavy atom. The van der Waals surface area contributed by atoms with Crippen molar-refractivity contribution in [1.29, 1.82) is 0 Å². The Hall–Kier alpha value is -2.44. The number of hydrogen-bond donors (Lipinski definition) is 2. The van der Waals surface area contributed by atoms with Crippen LogP contribution in [0.1, 0.15) is 25.0 Å². The molecule has 0 spiro atoms. The van der Waals surface area contributed by atoms with E-state index in [0.717, 1.165) is 65.6 Å². The molecule has 0 atom stereocenters. The molecule has 1 fully saturated rings. The smallest absolute Gasteiger partial charge is 0.144 e. The monoisotopic (exact) mass is 392 g/mol. The van der Waals surface area contributed by atoms with Crippen LogP contribution in [-0.2, 0) is 6.54 Å². The number of aromatic hydroxyl groups is 1. The predicted molar refractivity (Wildman–Crippen MR) is 115 cm³/mol. The normalized spacial score (nSPS) is 15.6. The van der Waals surface area contributed by atoms with Gasteiger partial charge in [-0.2, -0.15) is 0 Å². The van der Waals surface area contributed by atoms with Gasteiger partial charge in [0.25, 0.3) is 0 Å².